The molecule has 0 atom stereocenters. The molecule has 0 radical (unpaired) electrons. The molecular weight excluding hydrogens is 264 g/mol. The van der Waals surface area contributed by atoms with E-state index in [0.717, 1.165) is 17.7 Å². The fourth-order valence-electron chi connectivity index (χ4n) is 2.75. The number of nitrogen functional groups attached to an aromatic ring is 1. The summed E-state index contributed by atoms with van der Waals surface area (Å²) in [5.74, 6) is 0.0371. The summed E-state index contributed by atoms with van der Waals surface area (Å²) in [7, 11) is 0. The van der Waals surface area contributed by atoms with Gasteiger partial charge < -0.3 is 15.8 Å². The summed E-state index contributed by atoms with van der Waals surface area (Å²) in [5, 5.41) is 2.93. The van der Waals surface area contributed by atoms with E-state index < -0.39 is 0 Å². The van der Waals surface area contributed by atoms with Gasteiger partial charge in [-0.25, -0.2) is 0 Å². The lowest BCUT2D eigenvalue weighted by Gasteiger charge is -2.21. The van der Waals surface area contributed by atoms with Crippen LogP contribution < -0.4 is 11.1 Å². The van der Waals surface area contributed by atoms with Crippen LogP contribution in [0.5, 0.6) is 0 Å². The molecule has 4 heteroatoms. The van der Waals surface area contributed by atoms with Gasteiger partial charge in [-0.1, -0.05) is 19.3 Å². The first-order valence-corrected chi connectivity index (χ1v) is 7.93. The van der Waals surface area contributed by atoms with Gasteiger partial charge in [0.2, 0.25) is 5.91 Å². The molecule has 2 rings (SSSR count). The van der Waals surface area contributed by atoms with Crippen molar-refractivity contribution in [1.29, 1.82) is 0 Å². The molecule has 0 saturated heterocycles. The lowest BCUT2D eigenvalue weighted by Crippen LogP contribution is -2.18. The SMILES string of the molecule is Cc1cc(N)ccc1NC(=O)CCCOC1CCCCC1. The molecule has 0 heterocycles. The quantitative estimate of drug-likeness (QED) is 0.621. The first-order valence-electron chi connectivity index (χ1n) is 7.93. The van der Waals surface area contributed by atoms with Crippen molar-refractivity contribution in [1.82, 2.24) is 0 Å². The van der Waals surface area contributed by atoms with E-state index in [2.05, 4.69) is 5.32 Å². The maximum absolute atomic E-state index is 11.9. The van der Waals surface area contributed by atoms with Crippen LogP contribution in [-0.4, -0.2) is 18.6 Å². The van der Waals surface area contributed by atoms with Crippen LogP contribution in [-0.2, 0) is 9.53 Å². The van der Waals surface area contributed by atoms with Gasteiger partial charge in [-0.3, -0.25) is 4.79 Å². The molecular formula is C17H26N2O2. The fraction of sp³-hybridized carbons (Fsp3) is 0.588. The van der Waals surface area contributed by atoms with E-state index in [1.54, 1.807) is 6.07 Å². The molecule has 1 fully saturated rings. The third-order valence-electron chi connectivity index (χ3n) is 3.98. The van der Waals surface area contributed by atoms with Gasteiger partial charge in [0, 0.05) is 24.4 Å². The van der Waals surface area contributed by atoms with Crippen molar-refractivity contribution in [2.45, 2.75) is 58.0 Å². The molecule has 1 aromatic carbocycles. The number of anilines is 2. The number of carbonyl (C=O) groups excluding carboxylic acids is 1. The summed E-state index contributed by atoms with van der Waals surface area (Å²) >= 11 is 0. The molecule has 0 aliphatic heterocycles. The standard InChI is InChI=1S/C17H26N2O2/c1-13-12-14(18)9-10-16(13)19-17(20)8-5-11-21-15-6-3-2-4-7-15/h9-10,12,15H,2-8,11,18H2,1H3,(H,19,20). The minimum Gasteiger partial charge on any atom is -0.399 e. The minimum absolute atomic E-state index is 0.0371. The Bertz CT molecular complexity index is 468. The van der Waals surface area contributed by atoms with E-state index >= 15 is 0 Å². The molecule has 0 bridgehead atoms. The monoisotopic (exact) mass is 290 g/mol. The maximum Gasteiger partial charge on any atom is 0.224 e. The zero-order valence-corrected chi connectivity index (χ0v) is 12.9. The summed E-state index contributed by atoms with van der Waals surface area (Å²) in [6.45, 7) is 2.62. The molecule has 0 aromatic heterocycles. The molecule has 21 heavy (non-hydrogen) atoms. The van der Waals surface area contributed by atoms with E-state index in [1.165, 1.54) is 32.1 Å². The van der Waals surface area contributed by atoms with Gasteiger partial charge in [-0.2, -0.15) is 0 Å². The van der Waals surface area contributed by atoms with Crippen LogP contribution >= 0.6 is 0 Å². The summed E-state index contributed by atoms with van der Waals surface area (Å²) in [5.41, 5.74) is 8.24. The van der Waals surface area contributed by atoms with E-state index in [1.807, 2.05) is 19.1 Å². The first-order chi connectivity index (χ1) is 10.1. The van der Waals surface area contributed by atoms with Gasteiger partial charge in [0.15, 0.2) is 0 Å². The number of ether oxygens (including phenoxy) is 1. The Labute approximate surface area is 127 Å². The van der Waals surface area contributed by atoms with Crippen molar-refractivity contribution in [2.75, 3.05) is 17.7 Å². The number of carbonyl (C=O) groups is 1. The Balaban J connectivity index is 1.65. The Hall–Kier alpha value is -1.55. The van der Waals surface area contributed by atoms with Crippen LogP contribution in [0.15, 0.2) is 18.2 Å². The second kappa shape index (κ2) is 8.03. The second-order valence-electron chi connectivity index (χ2n) is 5.86. The third kappa shape index (κ3) is 5.38. The van der Waals surface area contributed by atoms with Crippen LogP contribution in [0.2, 0.25) is 0 Å². The Morgan fingerprint density at radius 1 is 1.33 bits per heavy atom. The van der Waals surface area contributed by atoms with Gasteiger partial charge in [-0.15, -0.1) is 0 Å². The molecule has 4 nitrogen and oxygen atoms in total. The maximum atomic E-state index is 11.9. The minimum atomic E-state index is 0.0371. The highest BCUT2D eigenvalue weighted by atomic mass is 16.5. The molecule has 1 saturated carbocycles. The predicted molar refractivity (Wildman–Crippen MR) is 86.3 cm³/mol. The zero-order valence-electron chi connectivity index (χ0n) is 12.9. The highest BCUT2D eigenvalue weighted by Gasteiger charge is 2.13. The Morgan fingerprint density at radius 2 is 2.10 bits per heavy atom. The first kappa shape index (κ1) is 15.8. The number of rotatable bonds is 6. The van der Waals surface area contributed by atoms with E-state index in [4.69, 9.17) is 10.5 Å². The van der Waals surface area contributed by atoms with Gasteiger partial charge in [0.25, 0.3) is 0 Å². The molecule has 1 aliphatic carbocycles. The molecule has 0 unspecified atom stereocenters. The van der Waals surface area contributed by atoms with Crippen molar-refractivity contribution < 1.29 is 9.53 Å². The van der Waals surface area contributed by atoms with Gasteiger partial charge in [0.1, 0.15) is 0 Å². The van der Waals surface area contributed by atoms with Crippen LogP contribution in [0, 0.1) is 6.92 Å². The van der Waals surface area contributed by atoms with Gasteiger partial charge >= 0.3 is 0 Å². The number of aryl methyl sites for hydroxylation is 1. The average Bonchev–Trinajstić information content (AvgIpc) is 2.48. The number of amides is 1. The topological polar surface area (TPSA) is 64.3 Å². The summed E-state index contributed by atoms with van der Waals surface area (Å²) in [6, 6.07) is 5.51. The second-order valence-corrected chi connectivity index (χ2v) is 5.86. The average molecular weight is 290 g/mol. The van der Waals surface area contributed by atoms with Crippen molar-refractivity contribution in [3.05, 3.63) is 23.8 Å². The Kier molecular flexibility index (Phi) is 6.05. The molecule has 1 aromatic rings. The molecule has 116 valence electrons. The number of nitrogens with one attached hydrogen (secondary N) is 1. The molecule has 1 amide bonds. The van der Waals surface area contributed by atoms with Crippen LogP contribution in [0.3, 0.4) is 0 Å². The van der Waals surface area contributed by atoms with E-state index in [0.29, 0.717) is 24.8 Å². The zero-order chi connectivity index (χ0) is 15.1. The third-order valence-corrected chi connectivity index (χ3v) is 3.98. The molecule has 3 N–H and O–H groups in total. The summed E-state index contributed by atoms with van der Waals surface area (Å²) in [4.78, 5) is 11.9. The van der Waals surface area contributed by atoms with Crippen LogP contribution in [0.1, 0.15) is 50.5 Å². The fourth-order valence-corrected chi connectivity index (χ4v) is 2.75. The summed E-state index contributed by atoms with van der Waals surface area (Å²) in [6.07, 6.45) is 7.94. The highest BCUT2D eigenvalue weighted by Crippen LogP contribution is 2.21. The van der Waals surface area contributed by atoms with Crippen molar-refractivity contribution >= 4 is 17.3 Å². The van der Waals surface area contributed by atoms with Crippen molar-refractivity contribution in [3.63, 3.8) is 0 Å². The van der Waals surface area contributed by atoms with Gasteiger partial charge in [0.05, 0.1) is 6.10 Å². The largest absolute Gasteiger partial charge is 0.399 e. The van der Waals surface area contributed by atoms with Crippen molar-refractivity contribution in [3.8, 4) is 0 Å². The normalized spacial score (nSPS) is 15.9. The van der Waals surface area contributed by atoms with Crippen molar-refractivity contribution in [2.24, 2.45) is 0 Å². The Morgan fingerprint density at radius 3 is 2.81 bits per heavy atom. The highest BCUT2D eigenvalue weighted by molar-refractivity contribution is 5.91. The molecule has 0 spiro atoms. The number of nitrogens with two attached hydrogens (primary N) is 1. The van der Waals surface area contributed by atoms with Crippen LogP contribution in [0.4, 0.5) is 11.4 Å². The lowest BCUT2D eigenvalue weighted by molar-refractivity contribution is -0.116. The number of benzene rings is 1. The summed E-state index contributed by atoms with van der Waals surface area (Å²) < 4.78 is 5.83. The smallest absolute Gasteiger partial charge is 0.224 e. The van der Waals surface area contributed by atoms with E-state index in [9.17, 15) is 4.79 Å². The van der Waals surface area contributed by atoms with Gasteiger partial charge in [-0.05, 0) is 49.9 Å². The predicted octanol–water partition coefficient (Wildman–Crippen LogP) is 3.65. The van der Waals surface area contributed by atoms with E-state index in [-0.39, 0.29) is 5.91 Å². The molecule has 1 aliphatic rings. The number of hydrogen-bond acceptors (Lipinski definition) is 3. The number of hydrogen-bond donors (Lipinski definition) is 2. The van der Waals surface area contributed by atoms with Crippen LogP contribution in [0.25, 0.3) is 0 Å². The lowest BCUT2D eigenvalue weighted by atomic mass is 9.98.